The first-order chi connectivity index (χ1) is 7.38. The zero-order valence-electron chi connectivity index (χ0n) is 10.2. The molecule has 86 valence electrons. The molecule has 0 aromatic heterocycles. The molecule has 0 aliphatic carbocycles. The molecule has 1 nitrogen and oxygen atoms in total. The number of aryl methyl sites for hydroxylation is 1. The lowest BCUT2D eigenvalue weighted by molar-refractivity contribution is 0.522. The lowest BCUT2D eigenvalue weighted by Crippen LogP contribution is -2.17. The number of fused-ring (bicyclic) bond motifs is 1. The lowest BCUT2D eigenvalue weighted by atomic mass is 9.84. The lowest BCUT2D eigenvalue weighted by Gasteiger charge is -2.25. The average molecular weight is 219 g/mol. The van der Waals surface area contributed by atoms with Gasteiger partial charge in [0.2, 0.25) is 0 Å². The number of halogens is 1. The second-order valence-corrected chi connectivity index (χ2v) is 5.47. The summed E-state index contributed by atoms with van der Waals surface area (Å²) in [6, 6.07) is 3.59. The smallest absolute Gasteiger partial charge is 0.129 e. The van der Waals surface area contributed by atoms with E-state index in [1.165, 1.54) is 5.56 Å². The Morgan fingerprint density at radius 1 is 1.25 bits per heavy atom. The van der Waals surface area contributed by atoms with Crippen LogP contribution in [-0.4, -0.2) is 0 Å². The number of allylic oxidation sites excluding steroid dienone is 1. The Kier molecular flexibility index (Phi) is 2.53. The van der Waals surface area contributed by atoms with Crippen LogP contribution in [0.15, 0.2) is 24.4 Å². The summed E-state index contributed by atoms with van der Waals surface area (Å²) in [6.07, 6.45) is 1.88. The minimum atomic E-state index is -0.145. The number of anilines is 1. The SMILES string of the molecule is C=C1CCc2cc(C(C)(C)C)c(F)cc2N1. The molecule has 0 radical (unpaired) electrons. The molecule has 1 N–H and O–H groups in total. The van der Waals surface area contributed by atoms with Crippen LogP contribution in [0.3, 0.4) is 0 Å². The van der Waals surface area contributed by atoms with Crippen molar-refractivity contribution in [2.75, 3.05) is 5.32 Å². The molecule has 1 aliphatic rings. The fraction of sp³-hybridized carbons (Fsp3) is 0.429. The van der Waals surface area contributed by atoms with Crippen LogP contribution in [0, 0.1) is 5.82 Å². The minimum Gasteiger partial charge on any atom is -0.359 e. The van der Waals surface area contributed by atoms with Crippen LogP contribution in [0.25, 0.3) is 0 Å². The molecule has 2 heteroatoms. The molecule has 1 aromatic rings. The van der Waals surface area contributed by atoms with E-state index in [9.17, 15) is 4.39 Å². The van der Waals surface area contributed by atoms with Crippen LogP contribution in [0.5, 0.6) is 0 Å². The van der Waals surface area contributed by atoms with Gasteiger partial charge >= 0.3 is 0 Å². The molecule has 1 aromatic carbocycles. The molecule has 0 unspecified atom stereocenters. The highest BCUT2D eigenvalue weighted by Crippen LogP contribution is 2.33. The Labute approximate surface area is 96.4 Å². The van der Waals surface area contributed by atoms with Crippen LogP contribution in [0.1, 0.15) is 38.3 Å². The van der Waals surface area contributed by atoms with Crippen molar-refractivity contribution in [1.82, 2.24) is 0 Å². The molecule has 0 bridgehead atoms. The molecule has 1 aliphatic heterocycles. The van der Waals surface area contributed by atoms with Crippen molar-refractivity contribution in [1.29, 1.82) is 0 Å². The van der Waals surface area contributed by atoms with Gasteiger partial charge in [-0.3, -0.25) is 0 Å². The molecule has 1 heterocycles. The van der Waals surface area contributed by atoms with Crippen LogP contribution in [0.4, 0.5) is 10.1 Å². The van der Waals surface area contributed by atoms with E-state index in [1.807, 2.05) is 26.8 Å². The van der Waals surface area contributed by atoms with E-state index < -0.39 is 0 Å². The minimum absolute atomic E-state index is 0.131. The van der Waals surface area contributed by atoms with Crippen molar-refractivity contribution in [2.45, 2.75) is 39.0 Å². The second kappa shape index (κ2) is 3.62. The number of nitrogens with one attached hydrogen (secondary N) is 1. The Balaban J connectivity index is 2.50. The van der Waals surface area contributed by atoms with Crippen LogP contribution in [-0.2, 0) is 11.8 Å². The highest BCUT2D eigenvalue weighted by atomic mass is 19.1. The fourth-order valence-corrected chi connectivity index (χ4v) is 2.05. The van der Waals surface area contributed by atoms with Gasteiger partial charge in [0.25, 0.3) is 0 Å². The number of hydrogen-bond acceptors (Lipinski definition) is 1. The summed E-state index contributed by atoms with van der Waals surface area (Å²) in [5, 5.41) is 3.14. The maximum atomic E-state index is 13.9. The van der Waals surface area contributed by atoms with Gasteiger partial charge in [0.15, 0.2) is 0 Å². The van der Waals surface area contributed by atoms with Gasteiger partial charge in [0, 0.05) is 11.4 Å². The molecule has 0 fully saturated rings. The predicted octanol–water partition coefficient (Wildman–Crippen LogP) is 4.00. The summed E-state index contributed by atoms with van der Waals surface area (Å²) in [5.41, 5.74) is 3.68. The maximum Gasteiger partial charge on any atom is 0.129 e. The largest absolute Gasteiger partial charge is 0.359 e. The molecule has 0 amide bonds. The van der Waals surface area contributed by atoms with Gasteiger partial charge in [-0.25, -0.2) is 4.39 Å². The Bertz CT molecular complexity index is 441. The first-order valence-corrected chi connectivity index (χ1v) is 5.65. The van der Waals surface area contributed by atoms with Crippen LogP contribution >= 0.6 is 0 Å². The second-order valence-electron chi connectivity index (χ2n) is 5.47. The summed E-state index contributed by atoms with van der Waals surface area (Å²) in [5.74, 6) is -0.131. The first kappa shape index (κ1) is 11.2. The van der Waals surface area contributed by atoms with Gasteiger partial charge in [0.05, 0.1) is 0 Å². The fourth-order valence-electron chi connectivity index (χ4n) is 2.05. The van der Waals surface area contributed by atoms with Gasteiger partial charge in [-0.05, 0) is 35.4 Å². The third kappa shape index (κ3) is 1.97. The summed E-state index contributed by atoms with van der Waals surface area (Å²) in [4.78, 5) is 0. The Hall–Kier alpha value is -1.31. The van der Waals surface area contributed by atoms with E-state index in [0.717, 1.165) is 29.8 Å². The van der Waals surface area contributed by atoms with Gasteiger partial charge in [0.1, 0.15) is 5.82 Å². The van der Waals surface area contributed by atoms with Crippen LogP contribution < -0.4 is 5.32 Å². The summed E-state index contributed by atoms with van der Waals surface area (Å²) in [7, 11) is 0. The van der Waals surface area contributed by atoms with Crippen molar-refractivity contribution in [3.05, 3.63) is 41.4 Å². The van der Waals surface area contributed by atoms with E-state index in [1.54, 1.807) is 6.07 Å². The molecule has 0 atom stereocenters. The number of rotatable bonds is 0. The van der Waals surface area contributed by atoms with E-state index in [-0.39, 0.29) is 11.2 Å². The topological polar surface area (TPSA) is 12.0 Å². The molecule has 0 saturated carbocycles. The van der Waals surface area contributed by atoms with Gasteiger partial charge < -0.3 is 5.32 Å². The average Bonchev–Trinajstić information content (AvgIpc) is 2.14. The van der Waals surface area contributed by atoms with Crippen LogP contribution in [0.2, 0.25) is 0 Å². The quantitative estimate of drug-likeness (QED) is 0.695. The summed E-state index contributed by atoms with van der Waals surface area (Å²) in [6.45, 7) is 9.98. The molecule has 2 rings (SSSR count). The molecular formula is C14H18FN. The highest BCUT2D eigenvalue weighted by molar-refractivity contribution is 5.59. The third-order valence-corrected chi connectivity index (χ3v) is 3.01. The maximum absolute atomic E-state index is 13.9. The predicted molar refractivity (Wildman–Crippen MR) is 66.2 cm³/mol. The molecule has 0 spiro atoms. The number of benzene rings is 1. The van der Waals surface area contributed by atoms with Crippen molar-refractivity contribution < 1.29 is 4.39 Å². The van der Waals surface area contributed by atoms with Crippen molar-refractivity contribution in [3.8, 4) is 0 Å². The molecule has 0 saturated heterocycles. The Morgan fingerprint density at radius 2 is 1.94 bits per heavy atom. The monoisotopic (exact) mass is 219 g/mol. The van der Waals surface area contributed by atoms with E-state index in [4.69, 9.17) is 0 Å². The van der Waals surface area contributed by atoms with Crippen molar-refractivity contribution in [2.24, 2.45) is 0 Å². The summed E-state index contributed by atoms with van der Waals surface area (Å²) < 4.78 is 13.9. The van der Waals surface area contributed by atoms with E-state index in [2.05, 4.69) is 11.9 Å². The third-order valence-electron chi connectivity index (χ3n) is 3.01. The van der Waals surface area contributed by atoms with Gasteiger partial charge in [-0.15, -0.1) is 0 Å². The zero-order chi connectivity index (χ0) is 11.9. The zero-order valence-corrected chi connectivity index (χ0v) is 10.2. The first-order valence-electron chi connectivity index (χ1n) is 5.65. The van der Waals surface area contributed by atoms with E-state index >= 15 is 0 Å². The molecular weight excluding hydrogens is 201 g/mol. The number of hydrogen-bond donors (Lipinski definition) is 1. The van der Waals surface area contributed by atoms with E-state index in [0.29, 0.717) is 0 Å². The highest BCUT2D eigenvalue weighted by Gasteiger charge is 2.22. The van der Waals surface area contributed by atoms with Crippen molar-refractivity contribution >= 4 is 5.69 Å². The van der Waals surface area contributed by atoms with Crippen molar-refractivity contribution in [3.63, 3.8) is 0 Å². The van der Waals surface area contributed by atoms with Gasteiger partial charge in [-0.1, -0.05) is 33.4 Å². The van der Waals surface area contributed by atoms with Gasteiger partial charge in [-0.2, -0.15) is 0 Å². The Morgan fingerprint density at radius 3 is 2.56 bits per heavy atom. The molecule has 16 heavy (non-hydrogen) atoms. The summed E-state index contributed by atoms with van der Waals surface area (Å²) >= 11 is 0. The normalized spacial score (nSPS) is 15.6. The standard InChI is InChI=1S/C14H18FN/c1-9-5-6-10-7-11(14(2,3)4)12(15)8-13(10)16-9/h7-8,16H,1,5-6H2,2-4H3.